The van der Waals surface area contributed by atoms with Gasteiger partial charge in [-0.3, -0.25) is 4.68 Å². The number of anilines is 1. The summed E-state index contributed by atoms with van der Waals surface area (Å²) in [4.78, 5) is 0. The van der Waals surface area contributed by atoms with Crippen molar-refractivity contribution >= 4 is 5.69 Å². The van der Waals surface area contributed by atoms with Crippen molar-refractivity contribution in [1.29, 1.82) is 0 Å². The van der Waals surface area contributed by atoms with Gasteiger partial charge >= 0.3 is 0 Å². The zero-order chi connectivity index (χ0) is 14.7. The second kappa shape index (κ2) is 6.31. The van der Waals surface area contributed by atoms with Crippen molar-refractivity contribution in [3.8, 4) is 0 Å². The highest BCUT2D eigenvalue weighted by molar-refractivity contribution is 5.43. The molecule has 0 saturated heterocycles. The van der Waals surface area contributed by atoms with E-state index < -0.39 is 0 Å². The summed E-state index contributed by atoms with van der Waals surface area (Å²) in [6.07, 6.45) is 8.82. The zero-order valence-corrected chi connectivity index (χ0v) is 12.5. The quantitative estimate of drug-likeness (QED) is 0.888. The maximum atomic E-state index is 8.92. The first kappa shape index (κ1) is 14.1. The Bertz CT molecular complexity index is 606. The predicted octanol–water partition coefficient (Wildman–Crippen LogP) is 2.93. The first-order chi connectivity index (χ1) is 10.3. The maximum absolute atomic E-state index is 8.92. The third-order valence-electron chi connectivity index (χ3n) is 4.22. The summed E-state index contributed by atoms with van der Waals surface area (Å²) in [5.41, 5.74) is 5.36. The van der Waals surface area contributed by atoms with Crippen molar-refractivity contribution in [2.45, 2.75) is 45.2 Å². The number of hydrogen-bond acceptors (Lipinski definition) is 3. The Morgan fingerprint density at radius 2 is 2.10 bits per heavy atom. The lowest BCUT2D eigenvalue weighted by Crippen LogP contribution is -2.09. The average Bonchev–Trinajstić information content (AvgIpc) is 2.94. The fourth-order valence-corrected chi connectivity index (χ4v) is 3.02. The zero-order valence-electron chi connectivity index (χ0n) is 12.5. The summed E-state index contributed by atoms with van der Waals surface area (Å²) in [7, 11) is 0. The predicted molar refractivity (Wildman–Crippen MR) is 84.4 cm³/mol. The lowest BCUT2D eigenvalue weighted by molar-refractivity contribution is 0.269. The van der Waals surface area contributed by atoms with Gasteiger partial charge in [-0.1, -0.05) is 18.2 Å². The molecule has 3 rings (SSSR count). The van der Waals surface area contributed by atoms with Crippen LogP contribution < -0.4 is 5.32 Å². The molecule has 1 atom stereocenters. The Morgan fingerprint density at radius 1 is 1.29 bits per heavy atom. The van der Waals surface area contributed by atoms with Gasteiger partial charge in [-0.2, -0.15) is 5.10 Å². The minimum Gasteiger partial charge on any atom is -0.394 e. The molecule has 1 aliphatic rings. The van der Waals surface area contributed by atoms with E-state index in [-0.39, 0.29) is 12.6 Å². The van der Waals surface area contributed by atoms with E-state index in [9.17, 15) is 0 Å². The molecule has 112 valence electrons. The lowest BCUT2D eigenvalue weighted by Gasteiger charge is -2.20. The van der Waals surface area contributed by atoms with Crippen LogP contribution in [-0.2, 0) is 19.4 Å². The molecule has 0 bridgehead atoms. The molecule has 0 spiro atoms. The number of nitrogens with one attached hydrogen (secondary N) is 1. The first-order valence-corrected chi connectivity index (χ1v) is 7.78. The molecule has 2 N–H and O–H groups in total. The van der Waals surface area contributed by atoms with Crippen LogP contribution in [0.1, 0.15) is 42.5 Å². The molecule has 1 aromatic heterocycles. The molecule has 1 aromatic carbocycles. The van der Waals surface area contributed by atoms with Gasteiger partial charge in [0.2, 0.25) is 0 Å². The van der Waals surface area contributed by atoms with E-state index in [0.29, 0.717) is 6.54 Å². The van der Waals surface area contributed by atoms with Gasteiger partial charge in [-0.15, -0.1) is 0 Å². The second-order valence-corrected chi connectivity index (χ2v) is 5.82. The van der Waals surface area contributed by atoms with Crippen LogP contribution in [0.25, 0.3) is 0 Å². The fraction of sp³-hybridized carbons (Fsp3) is 0.471. The van der Waals surface area contributed by atoms with E-state index in [0.717, 1.165) is 5.69 Å². The topological polar surface area (TPSA) is 50.1 Å². The van der Waals surface area contributed by atoms with Crippen molar-refractivity contribution < 1.29 is 5.11 Å². The van der Waals surface area contributed by atoms with Crippen molar-refractivity contribution in [2.24, 2.45) is 0 Å². The number of aryl methyl sites for hydroxylation is 2. The smallest absolute Gasteiger partial charge is 0.0731 e. The van der Waals surface area contributed by atoms with Gasteiger partial charge in [-0.25, -0.2) is 0 Å². The molecule has 0 fully saturated rings. The average molecular weight is 285 g/mol. The van der Waals surface area contributed by atoms with Crippen molar-refractivity contribution in [3.05, 3.63) is 47.3 Å². The van der Waals surface area contributed by atoms with Gasteiger partial charge in [-0.05, 0) is 49.3 Å². The van der Waals surface area contributed by atoms with Crippen LogP contribution in [0, 0.1) is 0 Å². The molecule has 0 aliphatic heterocycles. The molecular formula is C17H23N3O. The highest BCUT2D eigenvalue weighted by Gasteiger charge is 2.12. The van der Waals surface area contributed by atoms with E-state index in [4.69, 9.17) is 5.11 Å². The summed E-state index contributed by atoms with van der Waals surface area (Å²) in [5, 5.41) is 16.6. The number of aliphatic hydroxyl groups excluding tert-OH is 1. The third kappa shape index (κ3) is 3.27. The number of aliphatic hydroxyl groups is 1. The van der Waals surface area contributed by atoms with E-state index in [1.54, 1.807) is 4.68 Å². The number of hydrogen-bond donors (Lipinski definition) is 2. The Morgan fingerprint density at radius 3 is 2.90 bits per heavy atom. The first-order valence-electron chi connectivity index (χ1n) is 7.78. The minimum absolute atomic E-state index is 0.113. The number of aromatic nitrogens is 2. The van der Waals surface area contributed by atoms with Crippen molar-refractivity contribution in [1.82, 2.24) is 9.78 Å². The molecule has 1 unspecified atom stereocenters. The number of benzene rings is 1. The van der Waals surface area contributed by atoms with Gasteiger partial charge in [0.05, 0.1) is 25.0 Å². The second-order valence-electron chi connectivity index (χ2n) is 5.82. The molecular weight excluding hydrogens is 262 g/mol. The number of rotatable bonds is 5. The summed E-state index contributed by atoms with van der Waals surface area (Å²) in [6.45, 7) is 2.82. The van der Waals surface area contributed by atoms with E-state index >= 15 is 0 Å². The van der Waals surface area contributed by atoms with Crippen LogP contribution in [-0.4, -0.2) is 21.5 Å². The molecule has 1 aliphatic carbocycles. The summed E-state index contributed by atoms with van der Waals surface area (Å²) < 4.78 is 1.75. The van der Waals surface area contributed by atoms with Gasteiger partial charge in [0.1, 0.15) is 0 Å². The van der Waals surface area contributed by atoms with Gasteiger partial charge in [0.25, 0.3) is 0 Å². The van der Waals surface area contributed by atoms with Crippen LogP contribution in [0.4, 0.5) is 5.69 Å². The van der Waals surface area contributed by atoms with Crippen LogP contribution in [0.2, 0.25) is 0 Å². The van der Waals surface area contributed by atoms with Crippen LogP contribution in [0.3, 0.4) is 0 Å². The standard InChI is InChI=1S/C17H23N3O/c1-13(19-17-11-18-20(12-17)8-9-21)15-7-6-14-4-2-3-5-16(14)10-15/h6-7,10-13,19,21H,2-5,8-9H2,1H3. The Hall–Kier alpha value is -1.81. The Labute approximate surface area is 125 Å². The van der Waals surface area contributed by atoms with Gasteiger partial charge in [0.15, 0.2) is 0 Å². The van der Waals surface area contributed by atoms with Gasteiger partial charge in [0, 0.05) is 12.2 Å². The normalized spacial score (nSPS) is 15.5. The molecule has 1 heterocycles. The molecule has 0 saturated carbocycles. The number of fused-ring (bicyclic) bond motifs is 1. The van der Waals surface area contributed by atoms with Crippen LogP contribution in [0.15, 0.2) is 30.6 Å². The fourth-order valence-electron chi connectivity index (χ4n) is 3.02. The molecule has 0 amide bonds. The third-order valence-corrected chi connectivity index (χ3v) is 4.22. The highest BCUT2D eigenvalue weighted by Crippen LogP contribution is 2.26. The highest BCUT2D eigenvalue weighted by atomic mass is 16.3. The Kier molecular flexibility index (Phi) is 4.25. The summed E-state index contributed by atoms with van der Waals surface area (Å²) >= 11 is 0. The van der Waals surface area contributed by atoms with Crippen molar-refractivity contribution in [3.63, 3.8) is 0 Å². The summed E-state index contributed by atoms with van der Waals surface area (Å²) in [5.74, 6) is 0. The molecule has 0 radical (unpaired) electrons. The monoisotopic (exact) mass is 285 g/mol. The van der Waals surface area contributed by atoms with Crippen molar-refractivity contribution in [2.75, 3.05) is 11.9 Å². The van der Waals surface area contributed by atoms with Crippen LogP contribution in [0.5, 0.6) is 0 Å². The Balaban J connectivity index is 1.70. The maximum Gasteiger partial charge on any atom is 0.0731 e. The summed E-state index contributed by atoms with van der Waals surface area (Å²) in [6, 6.07) is 7.13. The molecule has 21 heavy (non-hydrogen) atoms. The number of nitrogens with zero attached hydrogens (tertiary/aromatic N) is 2. The van der Waals surface area contributed by atoms with E-state index in [1.165, 1.54) is 42.4 Å². The molecule has 2 aromatic rings. The van der Waals surface area contributed by atoms with Gasteiger partial charge < -0.3 is 10.4 Å². The molecule has 4 heteroatoms. The minimum atomic E-state index is 0.113. The van der Waals surface area contributed by atoms with E-state index in [1.807, 2.05) is 12.4 Å². The SMILES string of the molecule is CC(Nc1cnn(CCO)c1)c1ccc2c(c1)CCCC2. The molecule has 4 nitrogen and oxygen atoms in total. The van der Waals surface area contributed by atoms with E-state index in [2.05, 4.69) is 35.5 Å². The lowest BCUT2D eigenvalue weighted by atomic mass is 9.89. The largest absolute Gasteiger partial charge is 0.394 e. The van der Waals surface area contributed by atoms with Crippen LogP contribution >= 0.6 is 0 Å².